The van der Waals surface area contributed by atoms with E-state index in [9.17, 15) is 14.4 Å². The third-order valence-electron chi connectivity index (χ3n) is 7.35. The molecule has 0 saturated carbocycles. The van der Waals surface area contributed by atoms with E-state index in [1.165, 1.54) is 13.2 Å². The molecule has 10 heteroatoms. The van der Waals surface area contributed by atoms with Crippen LogP contribution in [0, 0.1) is 5.41 Å². The van der Waals surface area contributed by atoms with Crippen molar-refractivity contribution in [3.05, 3.63) is 58.3 Å². The molecule has 2 aliphatic heterocycles. The van der Waals surface area contributed by atoms with Gasteiger partial charge in [0.25, 0.3) is 5.56 Å². The summed E-state index contributed by atoms with van der Waals surface area (Å²) in [5.41, 5.74) is 3.26. The minimum atomic E-state index is -0.399. The highest BCUT2D eigenvalue weighted by atomic mass is 16.5. The fourth-order valence-corrected chi connectivity index (χ4v) is 5.15. The summed E-state index contributed by atoms with van der Waals surface area (Å²) in [5.74, 6) is 0.615. The Bertz CT molecular complexity index is 1390. The van der Waals surface area contributed by atoms with Gasteiger partial charge in [-0.05, 0) is 38.0 Å². The molecule has 0 unspecified atom stereocenters. The Morgan fingerprint density at radius 1 is 1.24 bits per heavy atom. The lowest BCUT2D eigenvalue weighted by Crippen LogP contribution is -2.49. The summed E-state index contributed by atoms with van der Waals surface area (Å²) in [4.78, 5) is 44.5. The zero-order valence-electron chi connectivity index (χ0n) is 21.5. The molecular formula is C27H33N5O5. The number of amides is 2. The topological polar surface area (TPSA) is 108 Å². The third kappa shape index (κ3) is 4.85. The quantitative estimate of drug-likeness (QED) is 0.527. The minimum absolute atomic E-state index is 0.00606. The number of benzene rings is 1. The van der Waals surface area contributed by atoms with E-state index in [2.05, 4.69) is 12.2 Å². The van der Waals surface area contributed by atoms with Crippen molar-refractivity contribution in [2.24, 2.45) is 5.41 Å². The number of carbonyl (C=O) groups excluding carboxylic acids is 2. The molecule has 1 fully saturated rings. The molecule has 0 bridgehead atoms. The number of hydrogen-bond donors (Lipinski definition) is 1. The van der Waals surface area contributed by atoms with Crippen molar-refractivity contribution in [1.29, 1.82) is 0 Å². The first-order chi connectivity index (χ1) is 17.8. The molecule has 1 aromatic carbocycles. The van der Waals surface area contributed by atoms with E-state index < -0.39 is 6.09 Å². The lowest BCUT2D eigenvalue weighted by atomic mass is 9.89. The molecule has 4 heterocycles. The number of fused-ring (bicyclic) bond motifs is 3. The second kappa shape index (κ2) is 10.0. The Morgan fingerprint density at radius 2 is 2.05 bits per heavy atom. The van der Waals surface area contributed by atoms with E-state index in [-0.39, 0.29) is 29.5 Å². The molecule has 0 aliphatic carbocycles. The number of carbonyl (C=O) groups is 2. The third-order valence-corrected chi connectivity index (χ3v) is 7.35. The summed E-state index contributed by atoms with van der Waals surface area (Å²) < 4.78 is 13.9. The standard InChI is InChI=1S/C27H33N5O5/c1-18-7-8-19-20(32(18)26(35)36-3)9-10-21-25(19)29-22(11-13-30-12-5-4-6-24(30)34)31(21)14-23(33)28-15-27(2)16-37-17-27/h4-6,9-10,12,18H,7-8,11,13-17H2,1-3H3,(H,28,33)/t18-/m0/s1. The van der Waals surface area contributed by atoms with Gasteiger partial charge in [-0.25, -0.2) is 9.78 Å². The van der Waals surface area contributed by atoms with Crippen LogP contribution in [0.4, 0.5) is 10.5 Å². The van der Waals surface area contributed by atoms with Gasteiger partial charge in [-0.15, -0.1) is 0 Å². The maximum atomic E-state index is 13.0. The molecule has 2 aliphatic rings. The molecule has 3 aromatic rings. The summed E-state index contributed by atoms with van der Waals surface area (Å²) in [6.07, 6.45) is 3.37. The van der Waals surface area contributed by atoms with Crippen molar-refractivity contribution in [3.8, 4) is 0 Å². The van der Waals surface area contributed by atoms with E-state index in [0.29, 0.717) is 32.7 Å². The van der Waals surface area contributed by atoms with Crippen LogP contribution in [0.1, 0.15) is 31.7 Å². The molecule has 10 nitrogen and oxygen atoms in total. The number of imidazole rings is 1. The molecule has 1 N–H and O–H groups in total. The molecule has 196 valence electrons. The van der Waals surface area contributed by atoms with Crippen molar-refractivity contribution >= 4 is 28.7 Å². The van der Waals surface area contributed by atoms with Crippen molar-refractivity contribution in [2.75, 3.05) is 31.8 Å². The van der Waals surface area contributed by atoms with Crippen LogP contribution in [0.2, 0.25) is 0 Å². The molecular weight excluding hydrogens is 474 g/mol. The summed E-state index contributed by atoms with van der Waals surface area (Å²) >= 11 is 0. The number of aryl methyl sites for hydroxylation is 3. The summed E-state index contributed by atoms with van der Waals surface area (Å²) in [5, 5.41) is 3.04. The van der Waals surface area contributed by atoms with E-state index in [4.69, 9.17) is 14.5 Å². The first kappa shape index (κ1) is 25.0. The maximum absolute atomic E-state index is 13.0. The highest BCUT2D eigenvalue weighted by Gasteiger charge is 2.34. The Kier molecular flexibility index (Phi) is 6.76. The average molecular weight is 508 g/mol. The Morgan fingerprint density at radius 3 is 2.76 bits per heavy atom. The van der Waals surface area contributed by atoms with E-state index in [1.807, 2.05) is 29.7 Å². The van der Waals surface area contributed by atoms with Gasteiger partial charge < -0.3 is 23.9 Å². The zero-order valence-corrected chi connectivity index (χ0v) is 21.5. The van der Waals surface area contributed by atoms with Crippen LogP contribution in [-0.4, -0.2) is 59.0 Å². The zero-order chi connectivity index (χ0) is 26.2. The van der Waals surface area contributed by atoms with Gasteiger partial charge >= 0.3 is 6.09 Å². The predicted octanol–water partition coefficient (Wildman–Crippen LogP) is 2.50. The Hall–Kier alpha value is -3.66. The van der Waals surface area contributed by atoms with Crippen molar-refractivity contribution in [3.63, 3.8) is 0 Å². The maximum Gasteiger partial charge on any atom is 0.414 e. The van der Waals surface area contributed by atoms with E-state index in [0.717, 1.165) is 41.0 Å². The van der Waals surface area contributed by atoms with Crippen molar-refractivity contribution in [2.45, 2.75) is 52.2 Å². The highest BCUT2D eigenvalue weighted by molar-refractivity contribution is 5.95. The smallest absolute Gasteiger partial charge is 0.414 e. The van der Waals surface area contributed by atoms with E-state index >= 15 is 0 Å². The summed E-state index contributed by atoms with van der Waals surface area (Å²) in [6.45, 7) is 6.47. The second-order valence-corrected chi connectivity index (χ2v) is 10.3. The van der Waals surface area contributed by atoms with Crippen LogP contribution < -0.4 is 15.8 Å². The number of aromatic nitrogens is 3. The molecule has 5 rings (SSSR count). The number of ether oxygens (including phenoxy) is 2. The average Bonchev–Trinajstić information content (AvgIpc) is 3.22. The van der Waals surface area contributed by atoms with Gasteiger partial charge in [0.15, 0.2) is 0 Å². The van der Waals surface area contributed by atoms with Crippen LogP contribution in [0.15, 0.2) is 41.3 Å². The van der Waals surface area contributed by atoms with Crippen LogP contribution in [0.5, 0.6) is 0 Å². The number of pyridine rings is 1. The Labute approximate surface area is 215 Å². The number of rotatable bonds is 7. The monoisotopic (exact) mass is 507 g/mol. The van der Waals surface area contributed by atoms with Gasteiger partial charge in [0.05, 0.1) is 37.0 Å². The lowest BCUT2D eigenvalue weighted by molar-refractivity contribution is -0.127. The van der Waals surface area contributed by atoms with Crippen LogP contribution in [-0.2, 0) is 40.2 Å². The first-order valence-electron chi connectivity index (χ1n) is 12.7. The molecule has 2 amide bonds. The van der Waals surface area contributed by atoms with Gasteiger partial charge in [0.2, 0.25) is 5.91 Å². The normalized spacial score (nSPS) is 18.2. The summed E-state index contributed by atoms with van der Waals surface area (Å²) in [6, 6.07) is 8.90. The fourth-order valence-electron chi connectivity index (χ4n) is 5.15. The number of hydrogen-bond acceptors (Lipinski definition) is 6. The molecule has 37 heavy (non-hydrogen) atoms. The lowest BCUT2D eigenvalue weighted by Gasteiger charge is -2.38. The van der Waals surface area contributed by atoms with Gasteiger partial charge in [-0.1, -0.05) is 13.0 Å². The van der Waals surface area contributed by atoms with Gasteiger partial charge in [0, 0.05) is 48.8 Å². The number of methoxy groups -OCH3 is 1. The minimum Gasteiger partial charge on any atom is -0.452 e. The van der Waals surface area contributed by atoms with Crippen molar-refractivity contribution < 1.29 is 19.1 Å². The van der Waals surface area contributed by atoms with Gasteiger partial charge in [-0.3, -0.25) is 14.5 Å². The SMILES string of the molecule is COC(=O)N1c2ccc3c(nc(CCn4ccccc4=O)n3CC(=O)NCC3(C)COC3)c2CC[C@@H]1C. The number of nitrogens with one attached hydrogen (secondary N) is 1. The number of anilines is 1. The van der Waals surface area contributed by atoms with Crippen LogP contribution >= 0.6 is 0 Å². The fraction of sp³-hybridized carbons (Fsp3) is 0.481. The first-order valence-corrected chi connectivity index (χ1v) is 12.7. The molecule has 0 spiro atoms. The number of nitrogens with zero attached hydrogens (tertiary/aromatic N) is 4. The predicted molar refractivity (Wildman–Crippen MR) is 139 cm³/mol. The van der Waals surface area contributed by atoms with Crippen molar-refractivity contribution in [1.82, 2.24) is 19.4 Å². The van der Waals surface area contributed by atoms with E-state index in [1.54, 1.807) is 21.7 Å². The molecule has 1 atom stereocenters. The Balaban J connectivity index is 1.50. The highest BCUT2D eigenvalue weighted by Crippen LogP contribution is 2.36. The largest absolute Gasteiger partial charge is 0.452 e. The second-order valence-electron chi connectivity index (χ2n) is 10.3. The van der Waals surface area contributed by atoms with Crippen LogP contribution in [0.3, 0.4) is 0 Å². The molecule has 2 aromatic heterocycles. The molecule has 1 saturated heterocycles. The van der Waals surface area contributed by atoms with Crippen LogP contribution in [0.25, 0.3) is 11.0 Å². The van der Waals surface area contributed by atoms with Gasteiger partial charge in [-0.2, -0.15) is 0 Å². The van der Waals surface area contributed by atoms with Gasteiger partial charge in [0.1, 0.15) is 12.4 Å². The molecule has 0 radical (unpaired) electrons. The summed E-state index contributed by atoms with van der Waals surface area (Å²) in [7, 11) is 1.38.